The number of nitrogens with one attached hydrogen (secondary N) is 1. The van der Waals surface area contributed by atoms with Crippen LogP contribution in [-0.2, 0) is 4.79 Å². The number of likely N-dealkylation sites (N-methyl/N-ethyl adjacent to an activating group) is 1. The number of rotatable bonds is 4. The Morgan fingerprint density at radius 2 is 2.26 bits per heavy atom. The first-order chi connectivity index (χ1) is 8.95. The van der Waals surface area contributed by atoms with Crippen molar-refractivity contribution in [3.63, 3.8) is 0 Å². The number of thioether (sulfide) groups is 1. The maximum Gasteiger partial charge on any atom is 0.323 e. The number of nitrogens with zero attached hydrogens (tertiary/aromatic N) is 1. The van der Waals surface area contributed by atoms with Crippen molar-refractivity contribution in [3.8, 4) is 0 Å². The lowest BCUT2D eigenvalue weighted by Crippen LogP contribution is -2.48. The van der Waals surface area contributed by atoms with E-state index in [4.69, 9.17) is 0 Å². The largest absolute Gasteiger partial charge is 0.480 e. The van der Waals surface area contributed by atoms with Crippen LogP contribution in [0.4, 0.5) is 0 Å². The van der Waals surface area contributed by atoms with E-state index in [0.717, 1.165) is 17.1 Å². The van der Waals surface area contributed by atoms with E-state index in [-0.39, 0.29) is 0 Å². The standard InChI is InChI=1S/C14H20N2O2S/c1-9-6-10(2)16-12(7-9)19-11-4-5-14(8-11,15-3)13(17)18/h6-7,11,15H,4-5,8H2,1-3H3,(H,17,18). The van der Waals surface area contributed by atoms with Crippen LogP contribution in [0.25, 0.3) is 0 Å². The molecule has 1 heterocycles. The monoisotopic (exact) mass is 280 g/mol. The molecule has 2 atom stereocenters. The third kappa shape index (κ3) is 3.09. The number of carboxylic acids is 1. The molecule has 0 spiro atoms. The van der Waals surface area contributed by atoms with Gasteiger partial charge in [0, 0.05) is 10.9 Å². The van der Waals surface area contributed by atoms with Crippen LogP contribution < -0.4 is 5.32 Å². The summed E-state index contributed by atoms with van der Waals surface area (Å²) < 4.78 is 0. The zero-order chi connectivity index (χ0) is 14.0. The molecule has 0 radical (unpaired) electrons. The summed E-state index contributed by atoms with van der Waals surface area (Å²) in [5.41, 5.74) is 1.46. The second kappa shape index (κ2) is 5.51. The fourth-order valence-corrected chi connectivity index (χ4v) is 4.06. The van der Waals surface area contributed by atoms with Gasteiger partial charge in [-0.2, -0.15) is 0 Å². The van der Waals surface area contributed by atoms with Crippen molar-refractivity contribution in [1.82, 2.24) is 10.3 Å². The van der Waals surface area contributed by atoms with Crippen LogP contribution in [0.1, 0.15) is 30.5 Å². The minimum absolute atomic E-state index is 0.317. The van der Waals surface area contributed by atoms with Gasteiger partial charge in [0.2, 0.25) is 0 Å². The molecule has 19 heavy (non-hydrogen) atoms. The lowest BCUT2D eigenvalue weighted by Gasteiger charge is -2.23. The third-order valence-corrected chi connectivity index (χ3v) is 4.91. The van der Waals surface area contributed by atoms with E-state index in [9.17, 15) is 9.90 Å². The number of carboxylic acid groups (broad SMARTS) is 1. The summed E-state index contributed by atoms with van der Waals surface area (Å²) in [7, 11) is 1.73. The number of hydrogen-bond acceptors (Lipinski definition) is 4. The van der Waals surface area contributed by atoms with Crippen LogP contribution in [0.3, 0.4) is 0 Å². The van der Waals surface area contributed by atoms with E-state index in [2.05, 4.69) is 23.3 Å². The molecule has 104 valence electrons. The summed E-state index contributed by atoms with van der Waals surface area (Å²) in [6.07, 6.45) is 2.24. The van der Waals surface area contributed by atoms with Crippen molar-refractivity contribution < 1.29 is 9.90 Å². The van der Waals surface area contributed by atoms with Crippen LogP contribution in [0.2, 0.25) is 0 Å². The maximum atomic E-state index is 11.4. The van der Waals surface area contributed by atoms with Gasteiger partial charge in [0.15, 0.2) is 0 Å². The first kappa shape index (κ1) is 14.3. The van der Waals surface area contributed by atoms with E-state index in [1.807, 2.05) is 13.0 Å². The van der Waals surface area contributed by atoms with Crippen molar-refractivity contribution >= 4 is 17.7 Å². The minimum Gasteiger partial charge on any atom is -0.480 e. The second-order valence-corrected chi connectivity index (χ2v) is 6.56. The minimum atomic E-state index is -0.753. The molecule has 2 rings (SSSR count). The predicted molar refractivity (Wildman–Crippen MR) is 76.6 cm³/mol. The smallest absolute Gasteiger partial charge is 0.323 e. The molecular formula is C14H20N2O2S. The van der Waals surface area contributed by atoms with E-state index in [0.29, 0.717) is 18.1 Å². The molecule has 4 nitrogen and oxygen atoms in total. The van der Waals surface area contributed by atoms with Crippen molar-refractivity contribution in [2.75, 3.05) is 7.05 Å². The van der Waals surface area contributed by atoms with Gasteiger partial charge in [-0.3, -0.25) is 4.79 Å². The Bertz CT molecular complexity index is 472. The Labute approximate surface area is 118 Å². The average molecular weight is 280 g/mol. The molecule has 0 saturated heterocycles. The Morgan fingerprint density at radius 3 is 2.79 bits per heavy atom. The summed E-state index contributed by atoms with van der Waals surface area (Å²) in [6, 6.07) is 4.12. The van der Waals surface area contributed by atoms with Gasteiger partial charge < -0.3 is 10.4 Å². The highest BCUT2D eigenvalue weighted by atomic mass is 32.2. The molecule has 1 aromatic heterocycles. The number of pyridine rings is 1. The highest BCUT2D eigenvalue weighted by Gasteiger charge is 2.44. The Morgan fingerprint density at radius 1 is 1.53 bits per heavy atom. The van der Waals surface area contributed by atoms with Gasteiger partial charge in [0.25, 0.3) is 0 Å². The van der Waals surface area contributed by atoms with Crippen molar-refractivity contribution in [3.05, 3.63) is 23.4 Å². The lowest BCUT2D eigenvalue weighted by atomic mass is 9.99. The fourth-order valence-electron chi connectivity index (χ4n) is 2.66. The predicted octanol–water partition coefficient (Wildman–Crippen LogP) is 2.39. The van der Waals surface area contributed by atoms with Gasteiger partial charge in [-0.05, 0) is 57.9 Å². The summed E-state index contributed by atoms with van der Waals surface area (Å²) in [5, 5.41) is 13.6. The molecule has 1 aliphatic carbocycles. The van der Waals surface area contributed by atoms with E-state index in [1.54, 1.807) is 18.8 Å². The second-order valence-electron chi connectivity index (χ2n) is 5.24. The Hall–Kier alpha value is -1.07. The number of hydrogen-bond donors (Lipinski definition) is 2. The first-order valence-corrected chi connectivity index (χ1v) is 7.37. The number of aromatic nitrogens is 1. The first-order valence-electron chi connectivity index (χ1n) is 6.49. The SMILES string of the molecule is CNC1(C(=O)O)CCC(Sc2cc(C)cc(C)n2)C1. The van der Waals surface area contributed by atoms with Gasteiger partial charge in [-0.1, -0.05) is 0 Å². The number of aliphatic carboxylic acids is 1. The van der Waals surface area contributed by atoms with Crippen molar-refractivity contribution in [1.29, 1.82) is 0 Å². The highest BCUT2D eigenvalue weighted by Crippen LogP contribution is 2.39. The van der Waals surface area contributed by atoms with Crippen molar-refractivity contribution in [2.24, 2.45) is 0 Å². The molecule has 5 heteroatoms. The van der Waals surface area contributed by atoms with Crippen LogP contribution in [0, 0.1) is 13.8 Å². The summed E-state index contributed by atoms with van der Waals surface area (Å²) >= 11 is 1.70. The Balaban J connectivity index is 2.08. The molecule has 1 saturated carbocycles. The summed E-state index contributed by atoms with van der Waals surface area (Å²) in [6.45, 7) is 4.05. The molecule has 0 aliphatic heterocycles. The molecule has 2 unspecified atom stereocenters. The highest BCUT2D eigenvalue weighted by molar-refractivity contribution is 7.99. The zero-order valence-electron chi connectivity index (χ0n) is 11.6. The summed E-state index contributed by atoms with van der Waals surface area (Å²) in [5.74, 6) is -0.744. The molecule has 2 N–H and O–H groups in total. The van der Waals surface area contributed by atoms with E-state index < -0.39 is 11.5 Å². The van der Waals surface area contributed by atoms with Gasteiger partial charge in [0.05, 0.1) is 5.03 Å². The maximum absolute atomic E-state index is 11.4. The van der Waals surface area contributed by atoms with Crippen molar-refractivity contribution in [2.45, 2.75) is 48.9 Å². The summed E-state index contributed by atoms with van der Waals surface area (Å²) in [4.78, 5) is 15.9. The quantitative estimate of drug-likeness (QED) is 0.886. The zero-order valence-corrected chi connectivity index (χ0v) is 12.4. The molecule has 1 fully saturated rings. The lowest BCUT2D eigenvalue weighted by molar-refractivity contribution is -0.144. The Kier molecular flexibility index (Phi) is 4.16. The number of carbonyl (C=O) groups is 1. The van der Waals surface area contributed by atoms with Gasteiger partial charge >= 0.3 is 5.97 Å². The normalized spacial score (nSPS) is 26.6. The van der Waals surface area contributed by atoms with E-state index >= 15 is 0 Å². The molecular weight excluding hydrogens is 260 g/mol. The number of aryl methyl sites for hydroxylation is 2. The molecule has 0 amide bonds. The molecule has 0 aromatic carbocycles. The molecule has 1 aromatic rings. The average Bonchev–Trinajstić information content (AvgIpc) is 2.72. The van der Waals surface area contributed by atoms with Gasteiger partial charge in [0.1, 0.15) is 5.54 Å². The van der Waals surface area contributed by atoms with Gasteiger partial charge in [-0.25, -0.2) is 4.98 Å². The fraction of sp³-hybridized carbons (Fsp3) is 0.571. The van der Waals surface area contributed by atoms with Gasteiger partial charge in [-0.15, -0.1) is 11.8 Å². The van der Waals surface area contributed by atoms with Crippen LogP contribution in [0.15, 0.2) is 17.2 Å². The van der Waals surface area contributed by atoms with E-state index in [1.165, 1.54) is 5.56 Å². The topological polar surface area (TPSA) is 62.2 Å². The third-order valence-electron chi connectivity index (χ3n) is 3.72. The van der Waals surface area contributed by atoms with Crippen LogP contribution in [0.5, 0.6) is 0 Å². The molecule has 1 aliphatic rings. The molecule has 0 bridgehead atoms. The van der Waals surface area contributed by atoms with Crippen LogP contribution in [-0.4, -0.2) is 33.9 Å². The van der Waals surface area contributed by atoms with Crippen LogP contribution >= 0.6 is 11.8 Å².